The van der Waals surface area contributed by atoms with Crippen LogP contribution in [0.1, 0.15) is 24.3 Å². The maximum Gasteiger partial charge on any atom is 0.354 e. The number of halogens is 1. The van der Waals surface area contributed by atoms with Crippen molar-refractivity contribution in [3.63, 3.8) is 0 Å². The Bertz CT molecular complexity index is 1400. The van der Waals surface area contributed by atoms with E-state index in [0.29, 0.717) is 21.5 Å². The number of hydrogen-bond donors (Lipinski definition) is 1. The molecule has 1 saturated carbocycles. The van der Waals surface area contributed by atoms with E-state index in [9.17, 15) is 9.59 Å². The van der Waals surface area contributed by atoms with Gasteiger partial charge in [-0.15, -0.1) is 0 Å². The van der Waals surface area contributed by atoms with Gasteiger partial charge in [-0.2, -0.15) is 16.0 Å². The van der Waals surface area contributed by atoms with Gasteiger partial charge in [0.05, 0.1) is 30.1 Å². The standard InChI is InChI=1S/C21H17FN4O3S/c1-29-19-17(13-10-30-9-12(13)15-4-2-3-7-24-15)14(22)8-25-18(19)16(11-5-6-11)20(27)26(23)21(25)28/h2-4,7-11H,5-6,23H2,1H3. The van der Waals surface area contributed by atoms with Crippen LogP contribution in [0.25, 0.3) is 27.9 Å². The van der Waals surface area contributed by atoms with E-state index in [1.807, 2.05) is 17.5 Å². The summed E-state index contributed by atoms with van der Waals surface area (Å²) in [7, 11) is 1.40. The van der Waals surface area contributed by atoms with Crippen LogP contribution in [0.5, 0.6) is 5.75 Å². The fourth-order valence-corrected chi connectivity index (χ4v) is 4.65. The van der Waals surface area contributed by atoms with Crippen LogP contribution in [-0.4, -0.2) is 21.2 Å². The Morgan fingerprint density at radius 2 is 2.00 bits per heavy atom. The van der Waals surface area contributed by atoms with Crippen LogP contribution in [-0.2, 0) is 0 Å². The first kappa shape index (κ1) is 18.6. The topological polar surface area (TPSA) is 91.6 Å². The van der Waals surface area contributed by atoms with Gasteiger partial charge in [0.25, 0.3) is 5.56 Å². The molecule has 0 radical (unpaired) electrons. The van der Waals surface area contributed by atoms with Gasteiger partial charge in [-0.1, -0.05) is 6.07 Å². The number of thiophene rings is 1. The van der Waals surface area contributed by atoms with Gasteiger partial charge >= 0.3 is 5.69 Å². The van der Waals surface area contributed by atoms with Crippen LogP contribution in [0.4, 0.5) is 4.39 Å². The average Bonchev–Trinajstić information content (AvgIpc) is 3.48. The van der Waals surface area contributed by atoms with Gasteiger partial charge in [-0.05, 0) is 36.3 Å². The minimum absolute atomic E-state index is 0.0344. The van der Waals surface area contributed by atoms with Crippen molar-refractivity contribution in [1.82, 2.24) is 14.1 Å². The highest BCUT2D eigenvalue weighted by molar-refractivity contribution is 7.08. The van der Waals surface area contributed by atoms with Crippen molar-refractivity contribution in [3.8, 4) is 28.1 Å². The summed E-state index contributed by atoms with van der Waals surface area (Å²) in [5, 5.41) is 3.69. The molecule has 152 valence electrons. The van der Waals surface area contributed by atoms with E-state index in [-0.39, 0.29) is 22.7 Å². The Kier molecular flexibility index (Phi) is 4.21. The Morgan fingerprint density at radius 3 is 2.67 bits per heavy atom. The molecule has 0 spiro atoms. The first-order valence-corrected chi connectivity index (χ1v) is 10.3. The number of pyridine rings is 2. The van der Waals surface area contributed by atoms with E-state index in [4.69, 9.17) is 10.6 Å². The molecule has 0 saturated heterocycles. The van der Waals surface area contributed by atoms with Crippen LogP contribution < -0.4 is 21.8 Å². The molecule has 1 aliphatic rings. The molecule has 7 nitrogen and oxygen atoms in total. The smallest absolute Gasteiger partial charge is 0.354 e. The number of fused-ring (bicyclic) bond motifs is 1. The molecule has 0 atom stereocenters. The van der Waals surface area contributed by atoms with Gasteiger partial charge in [0.1, 0.15) is 5.52 Å². The molecular formula is C21H17FN4O3S. The zero-order valence-electron chi connectivity index (χ0n) is 16.0. The molecule has 1 fully saturated rings. The SMILES string of the molecule is COc1c(-c2cscc2-c2ccccn2)c(F)cn2c(=O)n(N)c(=O)c(C3CC3)c12. The molecule has 2 N–H and O–H groups in total. The minimum Gasteiger partial charge on any atom is -0.494 e. The van der Waals surface area contributed by atoms with Crippen LogP contribution in [0.2, 0.25) is 0 Å². The Balaban J connectivity index is 1.91. The molecule has 0 aromatic carbocycles. The third-order valence-electron chi connectivity index (χ3n) is 5.34. The second-order valence-electron chi connectivity index (χ2n) is 7.16. The van der Waals surface area contributed by atoms with Gasteiger partial charge in [0, 0.05) is 22.7 Å². The number of methoxy groups -OCH3 is 1. The number of nitrogens with zero attached hydrogens (tertiary/aromatic N) is 3. The van der Waals surface area contributed by atoms with E-state index in [1.54, 1.807) is 17.6 Å². The molecule has 0 unspecified atom stereocenters. The quantitative estimate of drug-likeness (QED) is 0.509. The van der Waals surface area contributed by atoms with Crippen molar-refractivity contribution in [2.45, 2.75) is 18.8 Å². The molecule has 4 aromatic rings. The number of ether oxygens (including phenoxy) is 1. The van der Waals surface area contributed by atoms with E-state index in [1.165, 1.54) is 18.4 Å². The largest absolute Gasteiger partial charge is 0.494 e. The van der Waals surface area contributed by atoms with Gasteiger partial charge in [-0.25, -0.2) is 9.18 Å². The predicted octanol–water partition coefficient (Wildman–Crippen LogP) is 2.99. The Hall–Kier alpha value is -3.46. The van der Waals surface area contributed by atoms with Crippen molar-refractivity contribution in [2.75, 3.05) is 13.0 Å². The van der Waals surface area contributed by atoms with Crippen LogP contribution in [0.3, 0.4) is 0 Å². The number of aromatic nitrogens is 3. The summed E-state index contributed by atoms with van der Waals surface area (Å²) < 4.78 is 22.6. The lowest BCUT2D eigenvalue weighted by molar-refractivity contribution is 0.414. The van der Waals surface area contributed by atoms with E-state index in [0.717, 1.165) is 29.0 Å². The van der Waals surface area contributed by atoms with Crippen molar-refractivity contribution in [1.29, 1.82) is 0 Å². The molecule has 5 rings (SSSR count). The summed E-state index contributed by atoms with van der Waals surface area (Å²) in [5.41, 5.74) is 1.46. The zero-order valence-corrected chi connectivity index (χ0v) is 16.8. The molecule has 0 amide bonds. The third kappa shape index (κ3) is 2.66. The predicted molar refractivity (Wildman–Crippen MR) is 113 cm³/mol. The second-order valence-corrected chi connectivity index (χ2v) is 7.91. The highest BCUT2D eigenvalue weighted by Crippen LogP contribution is 2.46. The zero-order chi connectivity index (χ0) is 21.0. The molecule has 9 heteroatoms. The molecule has 0 bridgehead atoms. The van der Waals surface area contributed by atoms with Crippen molar-refractivity contribution < 1.29 is 9.13 Å². The first-order chi connectivity index (χ1) is 14.5. The second kappa shape index (κ2) is 6.81. The highest BCUT2D eigenvalue weighted by Gasteiger charge is 2.33. The summed E-state index contributed by atoms with van der Waals surface area (Å²) in [6, 6.07) is 5.50. The normalized spacial score (nSPS) is 13.7. The molecule has 1 aliphatic carbocycles. The summed E-state index contributed by atoms with van der Waals surface area (Å²) in [6.45, 7) is 0. The van der Waals surface area contributed by atoms with E-state index < -0.39 is 17.1 Å². The third-order valence-corrected chi connectivity index (χ3v) is 6.09. The van der Waals surface area contributed by atoms with Crippen LogP contribution in [0.15, 0.2) is 50.9 Å². The maximum atomic E-state index is 15.4. The first-order valence-electron chi connectivity index (χ1n) is 9.33. The lowest BCUT2D eigenvalue weighted by atomic mass is 9.99. The minimum atomic E-state index is -0.821. The summed E-state index contributed by atoms with van der Waals surface area (Å²) in [6.07, 6.45) is 4.34. The van der Waals surface area contributed by atoms with Gasteiger partial charge < -0.3 is 10.6 Å². The van der Waals surface area contributed by atoms with Gasteiger partial charge in [-0.3, -0.25) is 14.2 Å². The molecule has 0 aliphatic heterocycles. The summed E-state index contributed by atoms with van der Waals surface area (Å²) >= 11 is 1.40. The maximum absolute atomic E-state index is 15.4. The van der Waals surface area contributed by atoms with Gasteiger partial charge in [0.15, 0.2) is 11.6 Å². The van der Waals surface area contributed by atoms with Crippen molar-refractivity contribution >= 4 is 16.9 Å². The number of nitrogen functional groups attached to an aromatic ring is 1. The molecule has 4 heterocycles. The Morgan fingerprint density at radius 1 is 1.23 bits per heavy atom. The van der Waals surface area contributed by atoms with E-state index in [2.05, 4.69) is 4.98 Å². The van der Waals surface area contributed by atoms with Gasteiger partial charge in [0.2, 0.25) is 0 Å². The van der Waals surface area contributed by atoms with Crippen molar-refractivity contribution in [2.24, 2.45) is 0 Å². The number of hydrogen-bond acceptors (Lipinski definition) is 6. The molecule has 4 aromatic heterocycles. The summed E-state index contributed by atoms with van der Waals surface area (Å²) in [4.78, 5) is 29.8. The average molecular weight is 424 g/mol. The number of nitrogens with two attached hydrogens (primary N) is 1. The monoisotopic (exact) mass is 424 g/mol. The highest BCUT2D eigenvalue weighted by atomic mass is 32.1. The summed E-state index contributed by atoms with van der Waals surface area (Å²) in [5.74, 6) is 5.14. The Labute approximate surface area is 173 Å². The van der Waals surface area contributed by atoms with Crippen LogP contribution >= 0.6 is 11.3 Å². The molecular weight excluding hydrogens is 407 g/mol. The van der Waals surface area contributed by atoms with E-state index >= 15 is 4.39 Å². The molecule has 30 heavy (non-hydrogen) atoms. The van der Waals surface area contributed by atoms with Crippen molar-refractivity contribution in [3.05, 3.63) is 73.6 Å². The fraction of sp³-hybridized carbons (Fsp3) is 0.190. The number of rotatable bonds is 4. The van der Waals surface area contributed by atoms with Crippen LogP contribution in [0, 0.1) is 5.82 Å². The fourth-order valence-electron chi connectivity index (χ4n) is 3.82. The lowest BCUT2D eigenvalue weighted by Gasteiger charge is -2.17. The lowest BCUT2D eigenvalue weighted by Crippen LogP contribution is -2.44.